The van der Waals surface area contributed by atoms with E-state index in [0.29, 0.717) is 43.6 Å². The van der Waals surface area contributed by atoms with Crippen molar-refractivity contribution < 1.29 is 42.2 Å². The molecule has 0 spiro atoms. The van der Waals surface area contributed by atoms with Gasteiger partial charge in [-0.3, -0.25) is 4.57 Å². The number of hydrogen-bond donors (Lipinski definition) is 3. The van der Waals surface area contributed by atoms with Gasteiger partial charge in [0, 0.05) is 5.56 Å². The van der Waals surface area contributed by atoms with E-state index in [1.54, 1.807) is 48.5 Å². The quantitative estimate of drug-likeness (QED) is 0.133. The molecule has 0 aliphatic carbocycles. The third-order valence-corrected chi connectivity index (χ3v) is 8.91. The van der Waals surface area contributed by atoms with Crippen molar-refractivity contribution >= 4 is 53.8 Å². The summed E-state index contributed by atoms with van der Waals surface area (Å²) in [6.45, 7) is -0.159. The molecule has 5 rings (SSSR count). The van der Waals surface area contributed by atoms with E-state index in [-0.39, 0.29) is 22.7 Å². The Morgan fingerprint density at radius 2 is 1.69 bits per heavy atom. The van der Waals surface area contributed by atoms with Gasteiger partial charge in [0.15, 0.2) is 0 Å². The van der Waals surface area contributed by atoms with Gasteiger partial charge in [-0.1, -0.05) is 58.8 Å². The van der Waals surface area contributed by atoms with E-state index in [2.05, 4.69) is 10.1 Å². The summed E-state index contributed by atoms with van der Waals surface area (Å²) in [6.07, 6.45) is 0. The molecule has 0 fully saturated rings. The van der Waals surface area contributed by atoms with Crippen molar-refractivity contribution in [2.45, 2.75) is 12.2 Å². The van der Waals surface area contributed by atoms with Gasteiger partial charge in [-0.15, -0.1) is 0 Å². The molecular formula is C29H19Cl2F3N3O6PS. The molecule has 0 atom stereocenters. The molecular weight excluding hydrogens is 677 g/mol. The average molecular weight is 696 g/mol. The zero-order valence-electron chi connectivity index (χ0n) is 22.4. The smallest absolute Gasteiger partial charge is 0.399 e. The molecule has 0 aliphatic rings. The lowest BCUT2D eigenvalue weighted by Gasteiger charge is -2.18. The molecule has 45 heavy (non-hydrogen) atoms. The highest BCUT2D eigenvalue weighted by atomic mass is 35.5. The summed E-state index contributed by atoms with van der Waals surface area (Å²) >= 11 is 13.3. The maximum Gasteiger partial charge on any atom is 0.399 e. The van der Waals surface area contributed by atoms with E-state index < -0.39 is 30.6 Å². The Labute approximate surface area is 266 Å². The van der Waals surface area contributed by atoms with Crippen molar-refractivity contribution in [3.05, 3.63) is 122 Å². The molecule has 1 heterocycles. The molecule has 0 amide bonds. The van der Waals surface area contributed by atoms with Crippen LogP contribution >= 0.6 is 42.1 Å². The van der Waals surface area contributed by atoms with Crippen molar-refractivity contribution in [3.8, 4) is 22.1 Å². The summed E-state index contributed by atoms with van der Waals surface area (Å²) in [7, 11) is -5.98. The number of ether oxygens (including phenoxy) is 1. The Bertz CT molecular complexity index is 2050. The van der Waals surface area contributed by atoms with E-state index >= 15 is 0 Å². The van der Waals surface area contributed by atoms with Crippen LogP contribution in [0.3, 0.4) is 0 Å². The number of nitrogens with zero attached hydrogens (tertiary/aromatic N) is 3. The average Bonchev–Trinajstić information content (AvgIpc) is 3.36. The number of rotatable bonds is 9. The minimum Gasteiger partial charge on any atom is -0.478 e. The van der Waals surface area contributed by atoms with Crippen LogP contribution in [-0.4, -0.2) is 30.6 Å². The zero-order chi connectivity index (χ0) is 32.5. The maximum absolute atomic E-state index is 14.7. The number of carbonyl (C=O) groups is 1. The third-order valence-electron chi connectivity index (χ3n) is 6.20. The Balaban J connectivity index is 1.53. The van der Waals surface area contributed by atoms with Gasteiger partial charge in [0.2, 0.25) is 4.80 Å². The predicted molar refractivity (Wildman–Crippen MR) is 162 cm³/mol. The van der Waals surface area contributed by atoms with E-state index in [0.717, 1.165) is 23.5 Å². The second-order valence-corrected chi connectivity index (χ2v) is 12.8. The molecule has 232 valence electrons. The molecule has 3 N–H and O–H groups in total. The SMILES string of the molecule is O=C(O)c1cccc(Oc2cccc(-c3nn(Cc4ccc(C(F)(F)P(=O)(O)O)c(F)c4)/c(=N\c4ccc(Cl)c(Cl)c4)s3)c2)c1. The second-order valence-electron chi connectivity index (χ2n) is 9.42. The van der Waals surface area contributed by atoms with E-state index in [1.807, 2.05) is 0 Å². The monoisotopic (exact) mass is 695 g/mol. The van der Waals surface area contributed by atoms with E-state index in [9.17, 15) is 27.6 Å². The Morgan fingerprint density at radius 1 is 0.978 bits per heavy atom. The number of benzene rings is 4. The maximum atomic E-state index is 14.7. The first-order valence-corrected chi connectivity index (χ1v) is 15.8. The highest BCUT2D eigenvalue weighted by molar-refractivity contribution is 7.52. The van der Waals surface area contributed by atoms with Crippen LogP contribution in [0.15, 0.2) is 89.9 Å². The van der Waals surface area contributed by atoms with Gasteiger partial charge in [0.1, 0.15) is 22.3 Å². The van der Waals surface area contributed by atoms with Crippen molar-refractivity contribution in [1.82, 2.24) is 9.78 Å². The molecule has 0 aliphatic heterocycles. The Hall–Kier alpha value is -3.97. The number of carboxylic acid groups (broad SMARTS) is 1. The van der Waals surface area contributed by atoms with Crippen molar-refractivity contribution in [1.29, 1.82) is 0 Å². The standard InChI is InChI=1S/C29H19Cl2F3N3O6PS/c30-23-10-8-19(14-24(23)31)35-28-37(15-16-7-9-22(25(32)11-16)29(33,34)44(40,41)42)36-26(45-28)17-3-1-5-20(12-17)43-21-6-2-4-18(13-21)27(38)39/h1-14H,15H2,(H,38,39)(H2,40,41,42)/b35-28+. The van der Waals surface area contributed by atoms with Crippen LogP contribution in [0.25, 0.3) is 10.6 Å². The fraction of sp³-hybridized carbons (Fsp3) is 0.0690. The normalized spacial score (nSPS) is 12.4. The fourth-order valence-electron chi connectivity index (χ4n) is 4.03. The number of halogens is 5. The summed E-state index contributed by atoms with van der Waals surface area (Å²) < 4.78 is 61.6. The number of alkyl halides is 2. The highest BCUT2D eigenvalue weighted by Crippen LogP contribution is 2.59. The number of carboxylic acids is 1. The molecule has 0 radical (unpaired) electrons. The van der Waals surface area contributed by atoms with Crippen LogP contribution in [0.4, 0.5) is 18.9 Å². The number of aromatic carboxylic acids is 1. The summed E-state index contributed by atoms with van der Waals surface area (Å²) in [6, 6.07) is 19.9. The lowest BCUT2D eigenvalue weighted by Crippen LogP contribution is -2.19. The molecule has 4 aromatic carbocycles. The zero-order valence-corrected chi connectivity index (χ0v) is 25.7. The molecule has 0 unspecified atom stereocenters. The van der Waals surface area contributed by atoms with Gasteiger partial charge in [0.05, 0.1) is 33.4 Å². The second kappa shape index (κ2) is 12.8. The van der Waals surface area contributed by atoms with Gasteiger partial charge in [-0.05, 0) is 66.2 Å². The van der Waals surface area contributed by atoms with Gasteiger partial charge < -0.3 is 19.6 Å². The molecule has 5 aromatic rings. The van der Waals surface area contributed by atoms with Crippen LogP contribution in [0.2, 0.25) is 10.0 Å². The van der Waals surface area contributed by atoms with Crippen molar-refractivity contribution in [3.63, 3.8) is 0 Å². The van der Waals surface area contributed by atoms with Crippen LogP contribution in [0.5, 0.6) is 11.5 Å². The number of hydrogen-bond acceptors (Lipinski definition) is 6. The molecule has 16 heteroatoms. The van der Waals surface area contributed by atoms with Crippen LogP contribution < -0.4 is 9.54 Å². The summed E-state index contributed by atoms with van der Waals surface area (Å²) in [5.74, 6) is -1.93. The first kappa shape index (κ1) is 32.4. The molecule has 1 aromatic heterocycles. The molecule has 0 saturated carbocycles. The van der Waals surface area contributed by atoms with Gasteiger partial charge in [-0.25, -0.2) is 18.9 Å². The lowest BCUT2D eigenvalue weighted by molar-refractivity contribution is 0.0527. The minimum atomic E-state index is -5.98. The Morgan fingerprint density at radius 3 is 2.36 bits per heavy atom. The predicted octanol–water partition coefficient (Wildman–Crippen LogP) is 8.06. The molecule has 0 saturated heterocycles. The van der Waals surface area contributed by atoms with Crippen LogP contribution in [0.1, 0.15) is 21.5 Å². The first-order chi connectivity index (χ1) is 21.2. The lowest BCUT2D eigenvalue weighted by atomic mass is 10.1. The van der Waals surface area contributed by atoms with E-state index in [1.165, 1.54) is 22.9 Å². The summed E-state index contributed by atoms with van der Waals surface area (Å²) in [4.78, 5) is 34.2. The van der Waals surface area contributed by atoms with E-state index in [4.69, 9.17) is 37.7 Å². The van der Waals surface area contributed by atoms with Gasteiger partial charge in [0.25, 0.3) is 0 Å². The summed E-state index contributed by atoms with van der Waals surface area (Å²) in [5.41, 5.74) is -4.96. The van der Waals surface area contributed by atoms with Crippen LogP contribution in [-0.2, 0) is 16.8 Å². The van der Waals surface area contributed by atoms with Crippen molar-refractivity contribution in [2.75, 3.05) is 0 Å². The van der Waals surface area contributed by atoms with Gasteiger partial charge in [-0.2, -0.15) is 13.9 Å². The van der Waals surface area contributed by atoms with Crippen LogP contribution in [0, 0.1) is 5.82 Å². The minimum absolute atomic E-state index is 0.0492. The third kappa shape index (κ3) is 7.30. The van der Waals surface area contributed by atoms with Crippen molar-refractivity contribution in [2.24, 2.45) is 4.99 Å². The first-order valence-electron chi connectivity index (χ1n) is 12.6. The molecule has 9 nitrogen and oxygen atoms in total. The highest BCUT2D eigenvalue weighted by Gasteiger charge is 2.52. The fourth-order valence-corrected chi connectivity index (χ4v) is 5.74. The summed E-state index contributed by atoms with van der Waals surface area (Å²) in [5, 5.41) is 14.8. The topological polar surface area (TPSA) is 134 Å². The largest absolute Gasteiger partial charge is 0.478 e. The molecule has 0 bridgehead atoms. The number of aromatic nitrogens is 2. The van der Waals surface area contributed by atoms with Gasteiger partial charge >= 0.3 is 19.2 Å². The Kier molecular flexibility index (Phi) is 9.22.